The van der Waals surface area contributed by atoms with Crippen LogP contribution in [-0.2, 0) is 0 Å². The number of rotatable bonds is 2. The summed E-state index contributed by atoms with van der Waals surface area (Å²) in [5, 5.41) is 7.48. The molecule has 0 unspecified atom stereocenters. The number of hydrogen-bond acceptors (Lipinski definition) is 3. The van der Waals surface area contributed by atoms with Gasteiger partial charge < -0.3 is 21.7 Å². The second-order valence-electron chi connectivity index (χ2n) is 2.37. The van der Waals surface area contributed by atoms with E-state index in [4.69, 9.17) is 5.73 Å². The molecule has 7 heteroatoms. The standard InChI is InChI=1S/C5H11N5O2/c6-4(11)7-1-10-2-8-5(12)9-3-10/h1-3H2,(H3,6,7,11)(H2,8,9,12). The summed E-state index contributed by atoms with van der Waals surface area (Å²) in [6, 6.07) is -0.780. The van der Waals surface area contributed by atoms with Crippen LogP contribution in [0.1, 0.15) is 0 Å². The third kappa shape index (κ3) is 2.62. The molecule has 1 aliphatic rings. The fourth-order valence-corrected chi connectivity index (χ4v) is 0.787. The molecular weight excluding hydrogens is 162 g/mol. The zero-order chi connectivity index (χ0) is 8.97. The Balaban J connectivity index is 2.17. The highest BCUT2D eigenvalue weighted by atomic mass is 16.2. The summed E-state index contributed by atoms with van der Waals surface area (Å²) < 4.78 is 0. The first-order valence-electron chi connectivity index (χ1n) is 3.46. The number of primary amides is 1. The predicted octanol–water partition coefficient (Wildman–Crippen LogP) is -1.86. The summed E-state index contributed by atoms with van der Waals surface area (Å²) in [7, 11) is 0. The number of nitrogens with one attached hydrogen (secondary N) is 3. The number of nitrogens with zero attached hydrogens (tertiary/aromatic N) is 1. The molecule has 0 bridgehead atoms. The Morgan fingerprint density at radius 1 is 1.58 bits per heavy atom. The summed E-state index contributed by atoms with van der Waals surface area (Å²) in [5.41, 5.74) is 4.85. The van der Waals surface area contributed by atoms with Gasteiger partial charge in [0, 0.05) is 0 Å². The van der Waals surface area contributed by atoms with Gasteiger partial charge in [-0.3, -0.25) is 4.90 Å². The molecule has 0 atom stereocenters. The normalized spacial score (nSPS) is 17.8. The highest BCUT2D eigenvalue weighted by Gasteiger charge is 2.13. The Labute approximate surface area is 69.3 Å². The van der Waals surface area contributed by atoms with Gasteiger partial charge in [0.05, 0.1) is 20.0 Å². The first-order valence-corrected chi connectivity index (χ1v) is 3.46. The second kappa shape index (κ2) is 3.77. The largest absolute Gasteiger partial charge is 0.352 e. The number of carbonyl (C=O) groups excluding carboxylic acids is 2. The predicted molar refractivity (Wildman–Crippen MR) is 40.8 cm³/mol. The van der Waals surface area contributed by atoms with Crippen LogP contribution in [0.15, 0.2) is 0 Å². The molecule has 12 heavy (non-hydrogen) atoms. The van der Waals surface area contributed by atoms with Crippen LogP contribution in [-0.4, -0.2) is 37.0 Å². The molecule has 0 aromatic carbocycles. The van der Waals surface area contributed by atoms with Crippen molar-refractivity contribution in [3.05, 3.63) is 0 Å². The van der Waals surface area contributed by atoms with Crippen LogP contribution in [0.2, 0.25) is 0 Å². The van der Waals surface area contributed by atoms with Crippen molar-refractivity contribution < 1.29 is 9.59 Å². The van der Waals surface area contributed by atoms with Crippen molar-refractivity contribution >= 4 is 12.1 Å². The number of amides is 4. The van der Waals surface area contributed by atoms with Gasteiger partial charge in [0.1, 0.15) is 0 Å². The zero-order valence-electron chi connectivity index (χ0n) is 6.46. The van der Waals surface area contributed by atoms with Crippen LogP contribution in [0.4, 0.5) is 9.59 Å². The Morgan fingerprint density at radius 2 is 2.17 bits per heavy atom. The molecule has 5 N–H and O–H groups in total. The molecule has 0 spiro atoms. The quantitative estimate of drug-likeness (QED) is 0.394. The molecule has 0 aromatic rings. The first kappa shape index (κ1) is 8.60. The molecule has 0 saturated carbocycles. The molecule has 1 fully saturated rings. The van der Waals surface area contributed by atoms with Crippen molar-refractivity contribution in [2.75, 3.05) is 20.0 Å². The van der Waals surface area contributed by atoms with E-state index in [9.17, 15) is 9.59 Å². The van der Waals surface area contributed by atoms with E-state index in [2.05, 4.69) is 16.0 Å². The van der Waals surface area contributed by atoms with Crippen molar-refractivity contribution in [2.24, 2.45) is 5.73 Å². The molecule has 4 amide bonds. The summed E-state index contributed by atoms with van der Waals surface area (Å²) in [6.45, 7) is 1.14. The summed E-state index contributed by atoms with van der Waals surface area (Å²) in [6.07, 6.45) is 0. The lowest BCUT2D eigenvalue weighted by atomic mass is 10.6. The smallest absolute Gasteiger partial charge is 0.316 e. The fourth-order valence-electron chi connectivity index (χ4n) is 0.787. The average Bonchev–Trinajstić information content (AvgIpc) is 2.03. The topological polar surface area (TPSA) is 99.5 Å². The second-order valence-corrected chi connectivity index (χ2v) is 2.37. The minimum absolute atomic E-state index is 0.203. The molecule has 1 heterocycles. The lowest BCUT2D eigenvalue weighted by Crippen LogP contribution is -2.56. The third-order valence-corrected chi connectivity index (χ3v) is 1.40. The summed E-state index contributed by atoms with van der Waals surface area (Å²) in [5.74, 6) is 0. The van der Waals surface area contributed by atoms with Gasteiger partial charge in [-0.2, -0.15) is 0 Å². The van der Waals surface area contributed by atoms with Crippen molar-refractivity contribution in [3.8, 4) is 0 Å². The van der Waals surface area contributed by atoms with E-state index < -0.39 is 6.03 Å². The zero-order valence-corrected chi connectivity index (χ0v) is 6.46. The van der Waals surface area contributed by atoms with Crippen molar-refractivity contribution in [1.82, 2.24) is 20.9 Å². The average molecular weight is 173 g/mol. The maximum atomic E-state index is 10.6. The van der Waals surface area contributed by atoms with Crippen molar-refractivity contribution in [2.45, 2.75) is 0 Å². The van der Waals surface area contributed by atoms with Gasteiger partial charge in [0.25, 0.3) is 0 Å². The van der Waals surface area contributed by atoms with Gasteiger partial charge in [-0.05, 0) is 0 Å². The Morgan fingerprint density at radius 3 is 2.67 bits per heavy atom. The Hall–Kier alpha value is -1.50. The van der Waals surface area contributed by atoms with E-state index in [1.54, 1.807) is 4.90 Å². The monoisotopic (exact) mass is 173 g/mol. The number of nitrogens with two attached hydrogens (primary N) is 1. The number of carbonyl (C=O) groups is 2. The number of urea groups is 2. The van der Waals surface area contributed by atoms with Gasteiger partial charge in [-0.15, -0.1) is 0 Å². The van der Waals surface area contributed by atoms with Crippen LogP contribution in [0.25, 0.3) is 0 Å². The molecule has 1 rings (SSSR count). The fraction of sp³-hybridized carbons (Fsp3) is 0.600. The van der Waals surface area contributed by atoms with Crippen LogP contribution in [0.5, 0.6) is 0 Å². The lowest BCUT2D eigenvalue weighted by molar-refractivity contribution is 0.175. The van der Waals surface area contributed by atoms with E-state index in [0.29, 0.717) is 20.0 Å². The van der Waals surface area contributed by atoms with Gasteiger partial charge >= 0.3 is 12.1 Å². The minimum atomic E-state index is -0.577. The van der Waals surface area contributed by atoms with E-state index in [1.807, 2.05) is 0 Å². The highest BCUT2D eigenvalue weighted by molar-refractivity contribution is 5.74. The first-order chi connectivity index (χ1) is 5.68. The maximum Gasteiger partial charge on any atom is 0.316 e. The van der Waals surface area contributed by atoms with Crippen molar-refractivity contribution in [1.29, 1.82) is 0 Å². The van der Waals surface area contributed by atoms with Gasteiger partial charge in [0.15, 0.2) is 0 Å². The van der Waals surface area contributed by atoms with Gasteiger partial charge in [0.2, 0.25) is 0 Å². The maximum absolute atomic E-state index is 10.6. The molecule has 68 valence electrons. The Kier molecular flexibility index (Phi) is 2.70. The lowest BCUT2D eigenvalue weighted by Gasteiger charge is -2.27. The molecule has 7 nitrogen and oxygen atoms in total. The SMILES string of the molecule is NC(=O)NCN1CNC(=O)NC1. The molecule has 1 aliphatic heterocycles. The van der Waals surface area contributed by atoms with E-state index >= 15 is 0 Å². The molecule has 0 aliphatic carbocycles. The van der Waals surface area contributed by atoms with Crippen LogP contribution in [0.3, 0.4) is 0 Å². The minimum Gasteiger partial charge on any atom is -0.352 e. The molecule has 0 aromatic heterocycles. The van der Waals surface area contributed by atoms with Gasteiger partial charge in [-0.1, -0.05) is 0 Å². The highest BCUT2D eigenvalue weighted by Crippen LogP contribution is 1.85. The number of hydrogen-bond donors (Lipinski definition) is 4. The van der Waals surface area contributed by atoms with Crippen molar-refractivity contribution in [3.63, 3.8) is 0 Å². The van der Waals surface area contributed by atoms with E-state index in [-0.39, 0.29) is 6.03 Å². The third-order valence-electron chi connectivity index (χ3n) is 1.40. The summed E-state index contributed by atoms with van der Waals surface area (Å²) >= 11 is 0. The molecular formula is C5H11N5O2. The summed E-state index contributed by atoms with van der Waals surface area (Å²) in [4.78, 5) is 22.6. The van der Waals surface area contributed by atoms with Gasteiger partial charge in [-0.25, -0.2) is 9.59 Å². The van der Waals surface area contributed by atoms with E-state index in [1.165, 1.54) is 0 Å². The van der Waals surface area contributed by atoms with E-state index in [0.717, 1.165) is 0 Å². The molecule has 0 radical (unpaired) electrons. The molecule has 1 saturated heterocycles. The van der Waals surface area contributed by atoms with Crippen LogP contribution in [0, 0.1) is 0 Å². The van der Waals surface area contributed by atoms with Crippen LogP contribution < -0.4 is 21.7 Å². The Bertz CT molecular complexity index is 184. The van der Waals surface area contributed by atoms with Crippen LogP contribution >= 0.6 is 0 Å².